The van der Waals surface area contributed by atoms with Crippen molar-refractivity contribution >= 4 is 30.1 Å². The zero-order valence-electron chi connectivity index (χ0n) is 13.5. The summed E-state index contributed by atoms with van der Waals surface area (Å²) in [4.78, 5) is 25.2. The lowest BCUT2D eigenvalue weighted by Gasteiger charge is -2.19. The molecule has 2 rings (SSSR count). The summed E-state index contributed by atoms with van der Waals surface area (Å²) in [5.74, 6) is 0. The standard InChI is InChI=1S/C14H19ClN6O3/c1-9(7-20(3)16-2)18-14(23)24-10-4-5-21(8-10)11-6-17-19-13(22)12(11)15/h6-7,10H,2,4-5,8H2,1,3H3,(H,18,23)(H,19,22)/b9-7+/t10-/m1/s1. The van der Waals surface area contributed by atoms with Crippen LogP contribution in [-0.2, 0) is 4.74 Å². The maximum atomic E-state index is 11.9. The fourth-order valence-electron chi connectivity index (χ4n) is 2.33. The number of amides is 1. The molecule has 1 aromatic heterocycles. The first-order valence-electron chi connectivity index (χ1n) is 7.24. The van der Waals surface area contributed by atoms with E-state index in [0.717, 1.165) is 0 Å². The number of aromatic amines is 1. The largest absolute Gasteiger partial charge is 0.444 e. The van der Waals surface area contributed by atoms with Gasteiger partial charge in [-0.05, 0) is 6.92 Å². The number of allylic oxidation sites excluding steroid dienone is 1. The second-order valence-corrected chi connectivity index (χ2v) is 5.69. The molecule has 0 unspecified atom stereocenters. The highest BCUT2D eigenvalue weighted by Crippen LogP contribution is 2.25. The zero-order chi connectivity index (χ0) is 17.7. The van der Waals surface area contributed by atoms with Gasteiger partial charge in [-0.1, -0.05) is 11.6 Å². The second kappa shape index (κ2) is 7.82. The van der Waals surface area contributed by atoms with Crippen molar-refractivity contribution in [3.05, 3.63) is 33.5 Å². The number of hydrogen-bond acceptors (Lipinski definition) is 7. The van der Waals surface area contributed by atoms with Gasteiger partial charge in [0.25, 0.3) is 5.56 Å². The van der Waals surface area contributed by atoms with Crippen LogP contribution in [-0.4, -0.2) is 54.3 Å². The molecule has 130 valence electrons. The van der Waals surface area contributed by atoms with Crippen molar-refractivity contribution in [3.8, 4) is 0 Å². The van der Waals surface area contributed by atoms with E-state index < -0.39 is 11.7 Å². The lowest BCUT2D eigenvalue weighted by atomic mass is 10.3. The lowest BCUT2D eigenvalue weighted by Crippen LogP contribution is -2.31. The van der Waals surface area contributed by atoms with Crippen LogP contribution >= 0.6 is 11.6 Å². The fraction of sp³-hybridized carbons (Fsp3) is 0.429. The van der Waals surface area contributed by atoms with Crippen LogP contribution in [0.5, 0.6) is 0 Å². The Bertz CT molecular complexity index is 704. The normalized spacial score (nSPS) is 17.5. The minimum Gasteiger partial charge on any atom is -0.444 e. The molecule has 9 nitrogen and oxygen atoms in total. The monoisotopic (exact) mass is 354 g/mol. The van der Waals surface area contributed by atoms with E-state index in [1.54, 1.807) is 20.2 Å². The summed E-state index contributed by atoms with van der Waals surface area (Å²) in [5.41, 5.74) is 0.658. The van der Waals surface area contributed by atoms with Crippen molar-refractivity contribution in [2.75, 3.05) is 25.0 Å². The van der Waals surface area contributed by atoms with E-state index in [4.69, 9.17) is 16.3 Å². The van der Waals surface area contributed by atoms with Gasteiger partial charge in [0.05, 0.1) is 18.4 Å². The number of nitrogens with zero attached hydrogens (tertiary/aromatic N) is 4. The number of anilines is 1. The van der Waals surface area contributed by atoms with Gasteiger partial charge in [-0.2, -0.15) is 10.2 Å². The Morgan fingerprint density at radius 3 is 3.17 bits per heavy atom. The highest BCUT2D eigenvalue weighted by molar-refractivity contribution is 6.33. The van der Waals surface area contributed by atoms with Crippen LogP contribution in [0, 0.1) is 0 Å². The van der Waals surface area contributed by atoms with Crippen LogP contribution in [0.1, 0.15) is 13.3 Å². The van der Waals surface area contributed by atoms with Gasteiger partial charge in [-0.25, -0.2) is 9.89 Å². The summed E-state index contributed by atoms with van der Waals surface area (Å²) >= 11 is 5.99. The molecule has 1 saturated heterocycles. The first kappa shape index (κ1) is 17.8. The highest BCUT2D eigenvalue weighted by atomic mass is 35.5. The molecule has 2 N–H and O–H groups in total. The molecule has 0 spiro atoms. The molecular weight excluding hydrogens is 336 g/mol. The van der Waals surface area contributed by atoms with Crippen LogP contribution in [0.15, 0.2) is 28.0 Å². The molecule has 1 aliphatic heterocycles. The summed E-state index contributed by atoms with van der Waals surface area (Å²) in [7, 11) is 1.69. The molecule has 0 saturated carbocycles. The SMILES string of the molecule is C=NN(C)/C=C(\C)NC(=O)O[C@@H]1CCN(c2cn[nH]c(=O)c2Cl)C1. The minimum absolute atomic E-state index is 0.0776. The van der Waals surface area contributed by atoms with E-state index >= 15 is 0 Å². The Morgan fingerprint density at radius 1 is 1.71 bits per heavy atom. The summed E-state index contributed by atoms with van der Waals surface area (Å²) < 4.78 is 5.37. The molecular formula is C14H19ClN6O3. The van der Waals surface area contributed by atoms with Crippen LogP contribution in [0.25, 0.3) is 0 Å². The predicted octanol–water partition coefficient (Wildman–Crippen LogP) is 1.14. The van der Waals surface area contributed by atoms with E-state index in [1.165, 1.54) is 11.2 Å². The van der Waals surface area contributed by atoms with E-state index in [-0.39, 0.29) is 11.1 Å². The molecule has 1 amide bonds. The molecule has 0 aliphatic carbocycles. The van der Waals surface area contributed by atoms with Crippen molar-refractivity contribution in [2.24, 2.45) is 5.10 Å². The maximum absolute atomic E-state index is 11.9. The quantitative estimate of drug-likeness (QED) is 0.607. The van der Waals surface area contributed by atoms with Gasteiger partial charge in [-0.15, -0.1) is 0 Å². The van der Waals surface area contributed by atoms with E-state index in [1.807, 2.05) is 4.90 Å². The summed E-state index contributed by atoms with van der Waals surface area (Å²) in [5, 5.41) is 13.8. The number of H-pyrrole nitrogens is 1. The Kier molecular flexibility index (Phi) is 5.80. The number of rotatable bonds is 5. The summed E-state index contributed by atoms with van der Waals surface area (Å²) in [6.45, 7) is 6.13. The third-order valence-electron chi connectivity index (χ3n) is 3.44. The fourth-order valence-corrected chi connectivity index (χ4v) is 2.54. The van der Waals surface area contributed by atoms with E-state index in [2.05, 4.69) is 27.3 Å². The number of carbonyl (C=O) groups excluding carboxylic acids is 1. The Balaban J connectivity index is 1.91. The smallest absolute Gasteiger partial charge is 0.411 e. The molecule has 0 bridgehead atoms. The lowest BCUT2D eigenvalue weighted by molar-refractivity contribution is 0.110. The van der Waals surface area contributed by atoms with Gasteiger partial charge in [0, 0.05) is 38.6 Å². The van der Waals surface area contributed by atoms with Gasteiger partial charge in [-0.3, -0.25) is 15.1 Å². The number of hydrogen-bond donors (Lipinski definition) is 2. The van der Waals surface area contributed by atoms with Crippen LogP contribution in [0.2, 0.25) is 5.02 Å². The average molecular weight is 355 g/mol. The van der Waals surface area contributed by atoms with Crippen LogP contribution in [0.3, 0.4) is 0 Å². The molecule has 0 aromatic carbocycles. The Hall–Kier alpha value is -2.55. The average Bonchev–Trinajstić information content (AvgIpc) is 2.97. The number of aromatic nitrogens is 2. The van der Waals surface area contributed by atoms with Crippen LogP contribution < -0.4 is 15.8 Å². The van der Waals surface area contributed by atoms with E-state index in [9.17, 15) is 9.59 Å². The van der Waals surface area contributed by atoms with Gasteiger partial charge in [0.1, 0.15) is 11.1 Å². The molecule has 1 fully saturated rings. The number of halogens is 1. The molecule has 0 radical (unpaired) electrons. The number of nitrogens with one attached hydrogen (secondary N) is 2. The zero-order valence-corrected chi connectivity index (χ0v) is 14.2. The Morgan fingerprint density at radius 2 is 2.46 bits per heavy atom. The summed E-state index contributed by atoms with van der Waals surface area (Å²) in [6.07, 6.45) is 2.87. The first-order valence-corrected chi connectivity index (χ1v) is 7.62. The second-order valence-electron chi connectivity index (χ2n) is 5.31. The van der Waals surface area contributed by atoms with Crippen molar-refractivity contribution in [3.63, 3.8) is 0 Å². The van der Waals surface area contributed by atoms with Crippen molar-refractivity contribution in [1.29, 1.82) is 0 Å². The molecule has 24 heavy (non-hydrogen) atoms. The first-order chi connectivity index (χ1) is 11.4. The topological polar surface area (TPSA) is 103 Å². The maximum Gasteiger partial charge on any atom is 0.411 e. The highest BCUT2D eigenvalue weighted by Gasteiger charge is 2.27. The van der Waals surface area contributed by atoms with Crippen molar-refractivity contribution in [1.82, 2.24) is 20.5 Å². The Labute approximate surface area is 143 Å². The molecule has 1 aliphatic rings. The van der Waals surface area contributed by atoms with Gasteiger partial charge in [0.2, 0.25) is 0 Å². The van der Waals surface area contributed by atoms with Gasteiger partial charge >= 0.3 is 6.09 Å². The molecule has 10 heteroatoms. The number of carbonyl (C=O) groups is 1. The molecule has 1 atom stereocenters. The molecule has 1 aromatic rings. The molecule has 2 heterocycles. The third kappa shape index (κ3) is 4.48. The van der Waals surface area contributed by atoms with Gasteiger partial charge < -0.3 is 9.64 Å². The van der Waals surface area contributed by atoms with Gasteiger partial charge in [0.15, 0.2) is 0 Å². The third-order valence-corrected chi connectivity index (χ3v) is 3.80. The number of hydrazone groups is 1. The number of ether oxygens (including phenoxy) is 1. The minimum atomic E-state index is -0.553. The van der Waals surface area contributed by atoms with E-state index in [0.29, 0.717) is 30.9 Å². The summed E-state index contributed by atoms with van der Waals surface area (Å²) in [6, 6.07) is 0. The van der Waals surface area contributed by atoms with Crippen molar-refractivity contribution < 1.29 is 9.53 Å². The van der Waals surface area contributed by atoms with Crippen LogP contribution in [0.4, 0.5) is 10.5 Å². The van der Waals surface area contributed by atoms with Crippen molar-refractivity contribution in [2.45, 2.75) is 19.4 Å². The number of alkyl carbamates (subject to hydrolysis) is 1. The predicted molar refractivity (Wildman–Crippen MR) is 91.2 cm³/mol.